The third-order valence-electron chi connectivity index (χ3n) is 5.54. The Morgan fingerprint density at radius 3 is 2.19 bits per heavy atom. The van der Waals surface area contributed by atoms with Gasteiger partial charge in [0.2, 0.25) is 5.91 Å². The standard InChI is InChI=1S/C25H27ClN2O4/c1-5-27(6-2)13-14-32-20-10-7-18(8-11-20)24(26)23-21-15-19(16(3)29)9-12-22(21)28(17(4)30)25(23)31/h7-12,15H,5-6,13-14H2,1-4H3/b24-23-. The highest BCUT2D eigenvalue weighted by molar-refractivity contribution is 6.60. The Kier molecular flexibility index (Phi) is 7.48. The molecule has 1 aliphatic heterocycles. The molecule has 168 valence electrons. The van der Waals surface area contributed by atoms with Crippen molar-refractivity contribution in [3.8, 4) is 5.75 Å². The number of carbonyl (C=O) groups is 3. The number of Topliss-reactive ketones (excluding diaryl/α,β-unsaturated/α-hetero) is 1. The zero-order chi connectivity index (χ0) is 23.4. The molecule has 0 bridgehead atoms. The number of benzene rings is 2. The Hall–Kier alpha value is -2.96. The number of fused-ring (bicyclic) bond motifs is 1. The molecule has 0 N–H and O–H groups in total. The van der Waals surface area contributed by atoms with Crippen molar-refractivity contribution in [1.82, 2.24) is 4.90 Å². The van der Waals surface area contributed by atoms with E-state index in [0.29, 0.717) is 34.7 Å². The van der Waals surface area contributed by atoms with Gasteiger partial charge in [-0.05, 0) is 68.0 Å². The second-order valence-electron chi connectivity index (χ2n) is 7.54. The number of ether oxygens (including phenoxy) is 1. The Bertz CT molecular complexity index is 1070. The van der Waals surface area contributed by atoms with Gasteiger partial charge in [0.1, 0.15) is 12.4 Å². The van der Waals surface area contributed by atoms with Crippen LogP contribution < -0.4 is 9.64 Å². The molecule has 0 aliphatic carbocycles. The van der Waals surface area contributed by atoms with Crippen molar-refractivity contribution in [1.29, 1.82) is 0 Å². The van der Waals surface area contributed by atoms with Gasteiger partial charge in [-0.2, -0.15) is 0 Å². The van der Waals surface area contributed by atoms with Gasteiger partial charge in [0, 0.05) is 24.6 Å². The first-order valence-corrected chi connectivity index (χ1v) is 11.0. The largest absolute Gasteiger partial charge is 0.492 e. The molecule has 0 aromatic heterocycles. The van der Waals surface area contributed by atoms with E-state index in [0.717, 1.165) is 24.5 Å². The van der Waals surface area contributed by atoms with E-state index in [2.05, 4.69) is 18.7 Å². The van der Waals surface area contributed by atoms with E-state index in [1.807, 2.05) is 0 Å². The van der Waals surface area contributed by atoms with Crippen LogP contribution >= 0.6 is 11.6 Å². The summed E-state index contributed by atoms with van der Waals surface area (Å²) in [7, 11) is 0. The zero-order valence-corrected chi connectivity index (χ0v) is 19.5. The fourth-order valence-corrected chi connectivity index (χ4v) is 3.99. The predicted molar refractivity (Wildman–Crippen MR) is 127 cm³/mol. The summed E-state index contributed by atoms with van der Waals surface area (Å²) in [6, 6.07) is 12.0. The normalized spacial score (nSPS) is 14.6. The van der Waals surface area contributed by atoms with E-state index < -0.39 is 11.8 Å². The Balaban J connectivity index is 1.92. The molecular formula is C25H27ClN2O4. The summed E-state index contributed by atoms with van der Waals surface area (Å²) in [4.78, 5) is 40.4. The molecule has 2 amide bonds. The lowest BCUT2D eigenvalue weighted by Crippen LogP contribution is -2.31. The van der Waals surface area contributed by atoms with E-state index in [4.69, 9.17) is 16.3 Å². The summed E-state index contributed by atoms with van der Waals surface area (Å²) in [6.45, 7) is 10.4. The minimum absolute atomic E-state index is 0.136. The lowest BCUT2D eigenvalue weighted by atomic mass is 10.00. The van der Waals surface area contributed by atoms with Crippen LogP contribution in [0, 0.1) is 0 Å². The van der Waals surface area contributed by atoms with Crippen LogP contribution in [0.5, 0.6) is 5.75 Å². The molecule has 0 atom stereocenters. The number of hydrogen-bond donors (Lipinski definition) is 0. The summed E-state index contributed by atoms with van der Waals surface area (Å²) in [5.74, 6) is -0.345. The number of rotatable bonds is 8. The van der Waals surface area contributed by atoms with Crippen LogP contribution in [0.2, 0.25) is 0 Å². The Morgan fingerprint density at radius 1 is 1.00 bits per heavy atom. The quantitative estimate of drug-likeness (QED) is 0.430. The minimum Gasteiger partial charge on any atom is -0.492 e. The molecule has 2 aromatic carbocycles. The third-order valence-corrected chi connectivity index (χ3v) is 5.95. The fourth-order valence-electron chi connectivity index (χ4n) is 3.69. The second kappa shape index (κ2) is 10.1. The molecular weight excluding hydrogens is 428 g/mol. The van der Waals surface area contributed by atoms with Crippen molar-refractivity contribution in [2.75, 3.05) is 31.1 Å². The monoisotopic (exact) mass is 454 g/mol. The van der Waals surface area contributed by atoms with Crippen molar-refractivity contribution in [2.24, 2.45) is 0 Å². The van der Waals surface area contributed by atoms with Crippen molar-refractivity contribution in [3.63, 3.8) is 0 Å². The Morgan fingerprint density at radius 2 is 1.62 bits per heavy atom. The van der Waals surface area contributed by atoms with Gasteiger partial charge < -0.3 is 9.64 Å². The average Bonchev–Trinajstić information content (AvgIpc) is 3.07. The van der Waals surface area contributed by atoms with Crippen molar-refractivity contribution in [3.05, 3.63) is 59.2 Å². The van der Waals surface area contributed by atoms with Gasteiger partial charge in [-0.1, -0.05) is 25.4 Å². The number of carbonyl (C=O) groups excluding carboxylic acids is 3. The predicted octanol–water partition coefficient (Wildman–Crippen LogP) is 4.61. The number of likely N-dealkylation sites (N-methyl/N-ethyl adjacent to an activating group) is 1. The van der Waals surface area contributed by atoms with Gasteiger partial charge in [-0.3, -0.25) is 14.4 Å². The average molecular weight is 455 g/mol. The number of imide groups is 1. The molecule has 3 rings (SSSR count). The summed E-state index contributed by atoms with van der Waals surface area (Å²) in [6.07, 6.45) is 0. The number of nitrogens with zero attached hydrogens (tertiary/aromatic N) is 2. The van der Waals surface area contributed by atoms with Crippen LogP contribution in [0.15, 0.2) is 42.5 Å². The van der Waals surface area contributed by atoms with Gasteiger partial charge in [-0.25, -0.2) is 4.90 Å². The highest BCUT2D eigenvalue weighted by Gasteiger charge is 2.37. The molecule has 6 nitrogen and oxygen atoms in total. The maximum Gasteiger partial charge on any atom is 0.267 e. The first-order chi connectivity index (χ1) is 15.3. The summed E-state index contributed by atoms with van der Waals surface area (Å²) in [5, 5.41) is 0.218. The van der Waals surface area contributed by atoms with Gasteiger partial charge >= 0.3 is 0 Å². The highest BCUT2D eigenvalue weighted by Crippen LogP contribution is 2.43. The SMILES string of the molecule is CCN(CC)CCOc1ccc(/C(Cl)=C2/C(=O)N(C(C)=O)c3ccc(C(C)=O)cc32)cc1. The van der Waals surface area contributed by atoms with Crippen LogP contribution in [-0.2, 0) is 9.59 Å². The maximum atomic E-state index is 13.1. The molecule has 0 fully saturated rings. The zero-order valence-electron chi connectivity index (χ0n) is 18.8. The molecule has 0 saturated heterocycles. The number of anilines is 1. The van der Waals surface area contributed by atoms with Gasteiger partial charge in [0.15, 0.2) is 5.78 Å². The van der Waals surface area contributed by atoms with Crippen LogP contribution in [0.25, 0.3) is 10.6 Å². The highest BCUT2D eigenvalue weighted by atomic mass is 35.5. The fraction of sp³-hybridized carbons (Fsp3) is 0.320. The number of hydrogen-bond acceptors (Lipinski definition) is 5. The van der Waals surface area contributed by atoms with E-state index >= 15 is 0 Å². The van der Waals surface area contributed by atoms with Crippen LogP contribution in [0.1, 0.15) is 49.2 Å². The lowest BCUT2D eigenvalue weighted by molar-refractivity contribution is -0.122. The molecule has 1 aliphatic rings. The smallest absolute Gasteiger partial charge is 0.267 e. The summed E-state index contributed by atoms with van der Waals surface area (Å²) in [5.41, 5.74) is 2.17. The lowest BCUT2D eigenvalue weighted by Gasteiger charge is -2.18. The number of ketones is 1. The van der Waals surface area contributed by atoms with E-state index in [1.165, 1.54) is 13.8 Å². The molecule has 1 heterocycles. The summed E-state index contributed by atoms with van der Waals surface area (Å²) >= 11 is 6.66. The van der Waals surface area contributed by atoms with Gasteiger partial charge in [0.25, 0.3) is 5.91 Å². The van der Waals surface area contributed by atoms with Crippen molar-refractivity contribution in [2.45, 2.75) is 27.7 Å². The van der Waals surface area contributed by atoms with Gasteiger partial charge in [-0.15, -0.1) is 0 Å². The van der Waals surface area contributed by atoms with E-state index in [1.54, 1.807) is 42.5 Å². The molecule has 7 heteroatoms. The minimum atomic E-state index is -0.502. The molecule has 32 heavy (non-hydrogen) atoms. The number of halogens is 1. The van der Waals surface area contributed by atoms with Crippen LogP contribution in [0.3, 0.4) is 0 Å². The van der Waals surface area contributed by atoms with Crippen LogP contribution in [-0.4, -0.2) is 48.7 Å². The van der Waals surface area contributed by atoms with Crippen molar-refractivity contribution < 1.29 is 19.1 Å². The van der Waals surface area contributed by atoms with Crippen LogP contribution in [0.4, 0.5) is 5.69 Å². The first kappa shape index (κ1) is 23.7. The Labute approximate surface area is 193 Å². The van der Waals surface area contributed by atoms with Crippen molar-refractivity contribution >= 4 is 45.5 Å². The summed E-state index contributed by atoms with van der Waals surface area (Å²) < 4.78 is 5.81. The molecule has 0 unspecified atom stereocenters. The second-order valence-corrected chi connectivity index (χ2v) is 7.91. The third kappa shape index (κ3) is 4.76. The maximum absolute atomic E-state index is 13.1. The molecule has 0 spiro atoms. The topological polar surface area (TPSA) is 66.9 Å². The molecule has 0 radical (unpaired) electrons. The first-order valence-electron chi connectivity index (χ1n) is 10.6. The van der Waals surface area contributed by atoms with E-state index in [9.17, 15) is 14.4 Å². The molecule has 0 saturated carbocycles. The molecule has 2 aromatic rings. The van der Waals surface area contributed by atoms with E-state index in [-0.39, 0.29) is 16.4 Å². The number of amides is 2. The van der Waals surface area contributed by atoms with Gasteiger partial charge in [0.05, 0.1) is 16.3 Å².